The van der Waals surface area contributed by atoms with Gasteiger partial charge in [0.1, 0.15) is 0 Å². The smallest absolute Gasteiger partial charge is 0.178 e. The van der Waals surface area contributed by atoms with Crippen molar-refractivity contribution in [1.82, 2.24) is 5.32 Å². The van der Waals surface area contributed by atoms with Crippen molar-refractivity contribution in [1.29, 1.82) is 0 Å². The average molecular weight is 308 g/mol. The molecule has 1 unspecified atom stereocenters. The lowest BCUT2D eigenvalue weighted by molar-refractivity contribution is -0.110. The summed E-state index contributed by atoms with van der Waals surface area (Å²) in [5.74, 6) is 0.0997. The highest BCUT2D eigenvalue weighted by molar-refractivity contribution is 6.00. The highest BCUT2D eigenvalue weighted by Gasteiger charge is 2.23. The maximum absolute atomic E-state index is 11.1. The molecule has 1 aromatic carbocycles. The molecule has 1 aromatic rings. The normalized spacial score (nSPS) is 21.0. The van der Waals surface area contributed by atoms with Crippen LogP contribution in [0.5, 0.6) is 11.5 Å². The highest BCUT2D eigenvalue weighted by Crippen LogP contribution is 2.36. The molecule has 1 atom stereocenters. The molecule has 0 saturated carbocycles. The average Bonchev–Trinajstić information content (AvgIpc) is 2.43. The zero-order valence-corrected chi connectivity index (χ0v) is 12.3. The van der Waals surface area contributed by atoms with Crippen LogP contribution in [0.25, 0.3) is 0 Å². The molecule has 112 valence electrons. The number of benzene rings is 1. The number of carbonyl (C=O) groups excluding carboxylic acids is 1. The second-order valence-electron chi connectivity index (χ2n) is 5.32. The van der Waals surface area contributed by atoms with E-state index in [0.717, 1.165) is 30.5 Å². The van der Waals surface area contributed by atoms with Crippen molar-refractivity contribution >= 4 is 18.2 Å². The number of hydrogen-bond donors (Lipinski definition) is 3. The number of carbonyl (C=O) groups is 1. The van der Waals surface area contributed by atoms with Gasteiger partial charge in [0.2, 0.25) is 0 Å². The summed E-state index contributed by atoms with van der Waals surface area (Å²) in [6, 6.07) is 3.41. The summed E-state index contributed by atoms with van der Waals surface area (Å²) in [5.41, 5.74) is 2.11. The third-order valence-electron chi connectivity index (χ3n) is 3.92. The minimum Gasteiger partial charge on any atom is -0.504 e. The molecule has 0 spiro atoms. The largest absolute Gasteiger partial charge is 0.504 e. The fraction of sp³-hybridized carbons (Fsp3) is 0.312. The lowest BCUT2D eigenvalue weighted by Crippen LogP contribution is -2.31. The van der Waals surface area contributed by atoms with E-state index in [1.807, 2.05) is 12.2 Å². The Morgan fingerprint density at radius 2 is 1.81 bits per heavy atom. The van der Waals surface area contributed by atoms with Crippen molar-refractivity contribution in [3.63, 3.8) is 0 Å². The van der Waals surface area contributed by atoms with Crippen LogP contribution in [0, 0.1) is 5.92 Å². The van der Waals surface area contributed by atoms with Crippen LogP contribution >= 0.6 is 12.4 Å². The van der Waals surface area contributed by atoms with E-state index in [2.05, 4.69) is 5.32 Å². The summed E-state index contributed by atoms with van der Waals surface area (Å²) >= 11 is 0. The van der Waals surface area contributed by atoms with E-state index in [-0.39, 0.29) is 41.6 Å². The first-order chi connectivity index (χ1) is 9.63. The number of ketones is 1. The highest BCUT2D eigenvalue weighted by atomic mass is 35.5. The molecule has 3 N–H and O–H groups in total. The van der Waals surface area contributed by atoms with Crippen LogP contribution in [0.1, 0.15) is 23.6 Å². The molecule has 0 saturated heterocycles. The number of allylic oxidation sites excluding steroid dienone is 4. The number of halogens is 1. The van der Waals surface area contributed by atoms with Gasteiger partial charge in [0.15, 0.2) is 17.3 Å². The minimum absolute atomic E-state index is 0. The summed E-state index contributed by atoms with van der Waals surface area (Å²) in [7, 11) is 0. The van der Waals surface area contributed by atoms with Crippen LogP contribution in [0.15, 0.2) is 36.4 Å². The van der Waals surface area contributed by atoms with Crippen molar-refractivity contribution in [2.45, 2.75) is 18.9 Å². The van der Waals surface area contributed by atoms with Crippen molar-refractivity contribution in [2.24, 2.45) is 5.92 Å². The predicted octanol–water partition coefficient (Wildman–Crippen LogP) is 2.41. The van der Waals surface area contributed by atoms with Crippen molar-refractivity contribution < 1.29 is 15.0 Å². The fourth-order valence-corrected chi connectivity index (χ4v) is 2.86. The number of hydrogen-bond acceptors (Lipinski definition) is 4. The van der Waals surface area contributed by atoms with Crippen molar-refractivity contribution in [3.8, 4) is 11.5 Å². The van der Waals surface area contributed by atoms with E-state index in [1.54, 1.807) is 24.3 Å². The Balaban J connectivity index is 0.00000161. The SMILES string of the molecule is Cl.O=C1C=CC(CC2NCCc3cc(O)c(O)cc32)C=C1. The molecule has 0 fully saturated rings. The topological polar surface area (TPSA) is 69.6 Å². The van der Waals surface area contributed by atoms with Gasteiger partial charge in [0.05, 0.1) is 0 Å². The van der Waals surface area contributed by atoms with Crippen LogP contribution in [-0.4, -0.2) is 22.5 Å². The molecule has 1 aliphatic carbocycles. The standard InChI is InChI=1S/C16H17NO3.ClH/c18-12-3-1-10(2-4-12)7-14-13-9-16(20)15(19)8-11(13)5-6-17-14;/h1-4,8-10,14,17,19-20H,5-7H2;1H. The van der Waals surface area contributed by atoms with Crippen LogP contribution in [0.2, 0.25) is 0 Å². The van der Waals surface area contributed by atoms with Crippen LogP contribution in [0.3, 0.4) is 0 Å². The zero-order valence-electron chi connectivity index (χ0n) is 11.5. The number of rotatable bonds is 2. The Kier molecular flexibility index (Phi) is 4.70. The van der Waals surface area contributed by atoms with E-state index in [9.17, 15) is 15.0 Å². The molecule has 1 aliphatic heterocycles. The molecular weight excluding hydrogens is 290 g/mol. The van der Waals surface area contributed by atoms with Gasteiger partial charge in [0.25, 0.3) is 0 Å². The van der Waals surface area contributed by atoms with E-state index >= 15 is 0 Å². The number of aromatic hydroxyl groups is 2. The van der Waals surface area contributed by atoms with E-state index < -0.39 is 0 Å². The van der Waals surface area contributed by atoms with Gasteiger partial charge in [-0.3, -0.25) is 4.79 Å². The fourth-order valence-electron chi connectivity index (χ4n) is 2.86. The summed E-state index contributed by atoms with van der Waals surface area (Å²) in [5, 5.41) is 22.7. The molecule has 5 heteroatoms. The van der Waals surface area contributed by atoms with Gasteiger partial charge in [-0.05, 0) is 60.7 Å². The predicted molar refractivity (Wildman–Crippen MR) is 82.9 cm³/mol. The lowest BCUT2D eigenvalue weighted by Gasteiger charge is -2.29. The third-order valence-corrected chi connectivity index (χ3v) is 3.92. The van der Waals surface area contributed by atoms with Crippen LogP contribution in [-0.2, 0) is 11.2 Å². The second-order valence-corrected chi connectivity index (χ2v) is 5.32. The minimum atomic E-state index is -0.0812. The first kappa shape index (κ1) is 15.6. The van der Waals surface area contributed by atoms with Gasteiger partial charge in [0, 0.05) is 6.04 Å². The summed E-state index contributed by atoms with van der Waals surface area (Å²) in [4.78, 5) is 11.1. The van der Waals surface area contributed by atoms with Crippen molar-refractivity contribution in [2.75, 3.05) is 6.54 Å². The molecule has 0 radical (unpaired) electrons. The van der Waals surface area contributed by atoms with Gasteiger partial charge in [-0.15, -0.1) is 12.4 Å². The second kappa shape index (κ2) is 6.33. The Bertz CT molecular complexity index is 594. The Morgan fingerprint density at radius 1 is 1.14 bits per heavy atom. The Labute approximate surface area is 129 Å². The Hall–Kier alpha value is -1.78. The first-order valence-electron chi connectivity index (χ1n) is 6.82. The molecule has 21 heavy (non-hydrogen) atoms. The molecule has 0 bridgehead atoms. The van der Waals surface area contributed by atoms with Gasteiger partial charge < -0.3 is 15.5 Å². The first-order valence-corrected chi connectivity index (χ1v) is 6.82. The Morgan fingerprint density at radius 3 is 2.52 bits per heavy atom. The molecule has 2 aliphatic rings. The van der Waals surface area contributed by atoms with Gasteiger partial charge in [-0.2, -0.15) is 0 Å². The van der Waals surface area contributed by atoms with E-state index in [4.69, 9.17) is 0 Å². The molecule has 1 heterocycles. The monoisotopic (exact) mass is 307 g/mol. The molecule has 0 aromatic heterocycles. The maximum atomic E-state index is 11.1. The summed E-state index contributed by atoms with van der Waals surface area (Å²) in [6.07, 6.45) is 8.70. The maximum Gasteiger partial charge on any atom is 0.178 e. The molecule has 3 rings (SSSR count). The van der Waals surface area contributed by atoms with E-state index in [0.29, 0.717) is 0 Å². The number of nitrogens with one attached hydrogen (secondary N) is 1. The van der Waals surface area contributed by atoms with Crippen LogP contribution < -0.4 is 5.32 Å². The van der Waals surface area contributed by atoms with Gasteiger partial charge in [-0.1, -0.05) is 12.2 Å². The number of phenols is 2. The summed E-state index contributed by atoms with van der Waals surface area (Å²) in [6.45, 7) is 0.848. The number of phenolic OH excluding ortho intramolecular Hbond substituents is 2. The molecule has 0 amide bonds. The van der Waals surface area contributed by atoms with Gasteiger partial charge >= 0.3 is 0 Å². The van der Waals surface area contributed by atoms with Crippen molar-refractivity contribution in [3.05, 3.63) is 47.6 Å². The van der Waals surface area contributed by atoms with E-state index in [1.165, 1.54) is 0 Å². The molecule has 4 nitrogen and oxygen atoms in total. The van der Waals surface area contributed by atoms with Crippen LogP contribution in [0.4, 0.5) is 0 Å². The van der Waals surface area contributed by atoms with Gasteiger partial charge in [-0.25, -0.2) is 0 Å². The molecular formula is C16H18ClNO3. The quantitative estimate of drug-likeness (QED) is 0.734. The third kappa shape index (κ3) is 3.28. The summed E-state index contributed by atoms with van der Waals surface area (Å²) < 4.78 is 0. The lowest BCUT2D eigenvalue weighted by atomic mass is 9.86. The number of fused-ring (bicyclic) bond motifs is 1. The zero-order chi connectivity index (χ0) is 14.1.